The molecule has 0 unspecified atom stereocenters. The average Bonchev–Trinajstić information content (AvgIpc) is 3.14. The molecule has 1 fully saturated rings. The number of urea groups is 1. The fourth-order valence-electron chi connectivity index (χ4n) is 2.94. The minimum absolute atomic E-state index is 0.179. The third kappa shape index (κ3) is 5.22. The highest BCUT2D eigenvalue weighted by atomic mass is 16.5. The predicted molar refractivity (Wildman–Crippen MR) is 96.6 cm³/mol. The molecule has 7 nitrogen and oxygen atoms in total. The molecule has 1 saturated heterocycles. The van der Waals surface area contributed by atoms with Gasteiger partial charge in [-0.3, -0.25) is 4.90 Å². The van der Waals surface area contributed by atoms with E-state index in [1.165, 1.54) is 17.5 Å². The summed E-state index contributed by atoms with van der Waals surface area (Å²) in [5, 5.41) is 9.39. The summed E-state index contributed by atoms with van der Waals surface area (Å²) in [6.45, 7) is 8.04. The Bertz CT molecular complexity index is 666. The molecule has 7 heteroatoms. The van der Waals surface area contributed by atoms with Crippen molar-refractivity contribution >= 4 is 11.7 Å². The number of rotatable bonds is 6. The van der Waals surface area contributed by atoms with Crippen LogP contribution in [0.3, 0.4) is 0 Å². The first-order valence-electron chi connectivity index (χ1n) is 8.65. The average molecular weight is 343 g/mol. The highest BCUT2D eigenvalue weighted by Crippen LogP contribution is 2.17. The SMILES string of the molecule is Cc1cccc(N2CCN(CCNC(=O)NCc3ccon3)CC2)c1. The van der Waals surface area contributed by atoms with Crippen molar-refractivity contribution in [3.8, 4) is 0 Å². The second-order valence-electron chi connectivity index (χ2n) is 6.27. The zero-order valence-corrected chi connectivity index (χ0v) is 14.6. The van der Waals surface area contributed by atoms with E-state index in [9.17, 15) is 4.79 Å². The van der Waals surface area contributed by atoms with Crippen molar-refractivity contribution in [3.63, 3.8) is 0 Å². The summed E-state index contributed by atoms with van der Waals surface area (Å²) in [6.07, 6.45) is 1.49. The Morgan fingerprint density at radius 2 is 2.04 bits per heavy atom. The zero-order chi connectivity index (χ0) is 17.5. The first kappa shape index (κ1) is 17.3. The lowest BCUT2D eigenvalue weighted by Crippen LogP contribution is -2.49. The van der Waals surface area contributed by atoms with Crippen LogP contribution < -0.4 is 15.5 Å². The van der Waals surface area contributed by atoms with Gasteiger partial charge in [0.25, 0.3) is 0 Å². The second-order valence-corrected chi connectivity index (χ2v) is 6.27. The topological polar surface area (TPSA) is 73.6 Å². The third-order valence-electron chi connectivity index (χ3n) is 4.37. The first-order chi connectivity index (χ1) is 12.2. The van der Waals surface area contributed by atoms with Crippen LogP contribution in [0.5, 0.6) is 0 Å². The van der Waals surface area contributed by atoms with E-state index in [-0.39, 0.29) is 6.03 Å². The number of aromatic nitrogens is 1. The van der Waals surface area contributed by atoms with Gasteiger partial charge >= 0.3 is 6.03 Å². The van der Waals surface area contributed by atoms with Crippen molar-refractivity contribution in [1.29, 1.82) is 0 Å². The minimum atomic E-state index is -0.179. The maximum absolute atomic E-state index is 11.7. The second kappa shape index (κ2) is 8.53. The summed E-state index contributed by atoms with van der Waals surface area (Å²) in [7, 11) is 0. The summed E-state index contributed by atoms with van der Waals surface area (Å²) >= 11 is 0. The Morgan fingerprint density at radius 1 is 1.20 bits per heavy atom. The molecular weight excluding hydrogens is 318 g/mol. The van der Waals surface area contributed by atoms with Crippen molar-refractivity contribution in [2.45, 2.75) is 13.5 Å². The molecule has 0 saturated carbocycles. The smallest absolute Gasteiger partial charge is 0.315 e. The van der Waals surface area contributed by atoms with Crippen LogP contribution in [0.1, 0.15) is 11.3 Å². The van der Waals surface area contributed by atoms with E-state index in [4.69, 9.17) is 4.52 Å². The van der Waals surface area contributed by atoms with E-state index in [2.05, 4.69) is 56.8 Å². The first-order valence-corrected chi connectivity index (χ1v) is 8.65. The molecule has 0 atom stereocenters. The number of hydrogen-bond acceptors (Lipinski definition) is 5. The molecule has 1 aromatic carbocycles. The maximum atomic E-state index is 11.7. The highest BCUT2D eigenvalue weighted by Gasteiger charge is 2.17. The van der Waals surface area contributed by atoms with Gasteiger partial charge in [0.2, 0.25) is 0 Å². The molecule has 3 rings (SSSR count). The van der Waals surface area contributed by atoms with E-state index in [1.54, 1.807) is 6.07 Å². The van der Waals surface area contributed by atoms with E-state index in [1.807, 2.05) is 0 Å². The molecule has 1 aromatic heterocycles. The van der Waals surface area contributed by atoms with Crippen LogP contribution in [0.15, 0.2) is 41.1 Å². The predicted octanol–water partition coefficient (Wildman–Crippen LogP) is 1.60. The number of benzene rings is 1. The van der Waals surface area contributed by atoms with Crippen LogP contribution in [-0.2, 0) is 6.54 Å². The number of carbonyl (C=O) groups excluding carboxylic acids is 1. The lowest BCUT2D eigenvalue weighted by atomic mass is 10.2. The van der Waals surface area contributed by atoms with Crippen molar-refractivity contribution in [2.75, 3.05) is 44.2 Å². The molecule has 1 aliphatic heterocycles. The molecular formula is C18H25N5O2. The van der Waals surface area contributed by atoms with Crippen LogP contribution in [0.25, 0.3) is 0 Å². The summed E-state index contributed by atoms with van der Waals surface area (Å²) in [6, 6.07) is 10.2. The quantitative estimate of drug-likeness (QED) is 0.833. The monoisotopic (exact) mass is 343 g/mol. The molecule has 2 aromatic rings. The Balaban J connectivity index is 1.32. The Hall–Kier alpha value is -2.54. The lowest BCUT2D eigenvalue weighted by Gasteiger charge is -2.36. The normalized spacial score (nSPS) is 15.2. The summed E-state index contributed by atoms with van der Waals surface area (Å²) < 4.78 is 4.72. The van der Waals surface area contributed by atoms with Gasteiger partial charge < -0.3 is 20.1 Å². The molecule has 2 amide bonds. The molecule has 0 spiro atoms. The van der Waals surface area contributed by atoms with Crippen molar-refractivity contribution in [3.05, 3.63) is 47.9 Å². The molecule has 1 aliphatic rings. The van der Waals surface area contributed by atoms with Gasteiger partial charge in [0.05, 0.1) is 6.54 Å². The Labute approximate surface area is 148 Å². The molecule has 25 heavy (non-hydrogen) atoms. The number of piperazine rings is 1. The Kier molecular flexibility index (Phi) is 5.90. The summed E-state index contributed by atoms with van der Waals surface area (Å²) in [4.78, 5) is 16.5. The molecule has 0 radical (unpaired) electrons. The largest absolute Gasteiger partial charge is 0.369 e. The molecule has 0 bridgehead atoms. The van der Waals surface area contributed by atoms with Gasteiger partial charge in [-0.05, 0) is 24.6 Å². The van der Waals surface area contributed by atoms with Crippen molar-refractivity contribution < 1.29 is 9.32 Å². The fourth-order valence-corrected chi connectivity index (χ4v) is 2.94. The van der Waals surface area contributed by atoms with Crippen LogP contribution >= 0.6 is 0 Å². The number of anilines is 1. The number of nitrogens with one attached hydrogen (secondary N) is 2. The molecule has 2 N–H and O–H groups in total. The van der Waals surface area contributed by atoms with Gasteiger partial charge in [-0.1, -0.05) is 17.3 Å². The zero-order valence-electron chi connectivity index (χ0n) is 14.6. The van der Waals surface area contributed by atoms with Crippen LogP contribution in [0.4, 0.5) is 10.5 Å². The van der Waals surface area contributed by atoms with Gasteiger partial charge in [0, 0.05) is 51.0 Å². The van der Waals surface area contributed by atoms with E-state index >= 15 is 0 Å². The van der Waals surface area contributed by atoms with E-state index in [0.717, 1.165) is 32.7 Å². The number of aryl methyl sites for hydroxylation is 1. The molecule has 134 valence electrons. The van der Waals surface area contributed by atoms with Crippen LogP contribution in [0.2, 0.25) is 0 Å². The van der Waals surface area contributed by atoms with Crippen LogP contribution in [0, 0.1) is 6.92 Å². The standard InChI is InChI=1S/C18H25N5O2/c1-15-3-2-4-17(13-15)23-10-8-22(9-11-23)7-6-19-18(24)20-14-16-5-12-25-21-16/h2-5,12-13H,6-11,14H2,1H3,(H2,19,20,24). The van der Waals surface area contributed by atoms with E-state index in [0.29, 0.717) is 18.8 Å². The highest BCUT2D eigenvalue weighted by molar-refractivity contribution is 5.73. The number of carbonyl (C=O) groups is 1. The fraction of sp³-hybridized carbons (Fsp3) is 0.444. The van der Waals surface area contributed by atoms with Crippen molar-refractivity contribution in [1.82, 2.24) is 20.7 Å². The summed E-state index contributed by atoms with van der Waals surface area (Å²) in [5.41, 5.74) is 3.30. The molecule has 2 heterocycles. The number of nitrogens with zero attached hydrogens (tertiary/aromatic N) is 3. The maximum Gasteiger partial charge on any atom is 0.315 e. The number of hydrogen-bond donors (Lipinski definition) is 2. The minimum Gasteiger partial charge on any atom is -0.369 e. The summed E-state index contributed by atoms with van der Waals surface area (Å²) in [5.74, 6) is 0. The molecule has 0 aliphatic carbocycles. The lowest BCUT2D eigenvalue weighted by molar-refractivity contribution is 0.231. The van der Waals surface area contributed by atoms with Gasteiger partial charge in [-0.2, -0.15) is 0 Å². The Morgan fingerprint density at radius 3 is 2.76 bits per heavy atom. The van der Waals surface area contributed by atoms with Gasteiger partial charge in [-0.25, -0.2) is 4.79 Å². The van der Waals surface area contributed by atoms with Crippen LogP contribution in [-0.4, -0.2) is 55.4 Å². The van der Waals surface area contributed by atoms with Gasteiger partial charge in [0.15, 0.2) is 0 Å². The number of amides is 2. The third-order valence-corrected chi connectivity index (χ3v) is 4.37. The van der Waals surface area contributed by atoms with E-state index < -0.39 is 0 Å². The van der Waals surface area contributed by atoms with Crippen molar-refractivity contribution in [2.24, 2.45) is 0 Å². The van der Waals surface area contributed by atoms with Gasteiger partial charge in [-0.15, -0.1) is 0 Å². The van der Waals surface area contributed by atoms with Gasteiger partial charge in [0.1, 0.15) is 12.0 Å².